The Morgan fingerprint density at radius 1 is 1.47 bits per heavy atom. The molecule has 17 heavy (non-hydrogen) atoms. The number of anilines is 1. The SMILES string of the molecule is Nc1ccncc1C(=O)NCCc1ncc[nH]1. The van der Waals surface area contributed by atoms with Gasteiger partial charge in [-0.25, -0.2) is 4.98 Å². The Morgan fingerprint density at radius 2 is 2.35 bits per heavy atom. The Bertz CT molecular complexity index is 494. The molecule has 0 atom stereocenters. The summed E-state index contributed by atoms with van der Waals surface area (Å²) in [6, 6.07) is 1.60. The van der Waals surface area contributed by atoms with Crippen molar-refractivity contribution in [1.29, 1.82) is 0 Å². The summed E-state index contributed by atoms with van der Waals surface area (Å²) in [6.45, 7) is 0.501. The van der Waals surface area contributed by atoms with Crippen LogP contribution in [-0.2, 0) is 6.42 Å². The van der Waals surface area contributed by atoms with Gasteiger partial charge in [0, 0.05) is 43.4 Å². The molecule has 0 saturated carbocycles. The summed E-state index contributed by atoms with van der Waals surface area (Å²) in [7, 11) is 0. The maximum Gasteiger partial charge on any atom is 0.254 e. The van der Waals surface area contributed by atoms with E-state index in [1.54, 1.807) is 24.7 Å². The minimum Gasteiger partial charge on any atom is -0.398 e. The third kappa shape index (κ3) is 2.81. The second-order valence-electron chi connectivity index (χ2n) is 3.50. The molecule has 2 rings (SSSR count). The first-order valence-corrected chi connectivity index (χ1v) is 5.23. The Balaban J connectivity index is 1.88. The van der Waals surface area contributed by atoms with Crippen molar-refractivity contribution >= 4 is 11.6 Å². The Hall–Kier alpha value is -2.37. The summed E-state index contributed by atoms with van der Waals surface area (Å²) in [4.78, 5) is 22.6. The number of carbonyl (C=O) groups excluding carboxylic acids is 1. The van der Waals surface area contributed by atoms with Gasteiger partial charge in [-0.2, -0.15) is 0 Å². The van der Waals surface area contributed by atoms with Gasteiger partial charge in [0.05, 0.1) is 5.56 Å². The number of nitrogens with two attached hydrogens (primary N) is 1. The lowest BCUT2D eigenvalue weighted by molar-refractivity contribution is 0.0954. The molecule has 0 bridgehead atoms. The van der Waals surface area contributed by atoms with E-state index in [-0.39, 0.29) is 5.91 Å². The van der Waals surface area contributed by atoms with E-state index in [1.165, 1.54) is 6.20 Å². The van der Waals surface area contributed by atoms with Gasteiger partial charge in [-0.1, -0.05) is 0 Å². The summed E-state index contributed by atoms with van der Waals surface area (Å²) in [5.74, 6) is 0.617. The Labute approximate surface area is 98.3 Å². The van der Waals surface area contributed by atoms with Crippen molar-refractivity contribution in [3.05, 3.63) is 42.2 Å². The molecule has 0 radical (unpaired) electrons. The predicted molar refractivity (Wildman–Crippen MR) is 63.3 cm³/mol. The molecule has 88 valence electrons. The number of nitrogen functional groups attached to an aromatic ring is 1. The third-order valence-electron chi connectivity index (χ3n) is 2.30. The number of amides is 1. The molecule has 0 aromatic carbocycles. The van der Waals surface area contributed by atoms with Crippen LogP contribution in [0, 0.1) is 0 Å². The lowest BCUT2D eigenvalue weighted by atomic mass is 10.2. The molecule has 4 N–H and O–H groups in total. The van der Waals surface area contributed by atoms with E-state index in [4.69, 9.17) is 5.73 Å². The molecule has 2 aromatic heterocycles. The maximum atomic E-state index is 11.7. The number of hydrogen-bond acceptors (Lipinski definition) is 4. The van der Waals surface area contributed by atoms with Gasteiger partial charge in [0.1, 0.15) is 5.82 Å². The van der Waals surface area contributed by atoms with Crippen LogP contribution in [0.5, 0.6) is 0 Å². The molecule has 0 fully saturated rings. The summed E-state index contributed by atoms with van der Waals surface area (Å²) in [6.07, 6.45) is 7.08. The van der Waals surface area contributed by atoms with Crippen LogP contribution in [0.3, 0.4) is 0 Å². The summed E-state index contributed by atoms with van der Waals surface area (Å²) in [5, 5.41) is 2.76. The molecule has 0 aliphatic heterocycles. The molecular weight excluding hydrogens is 218 g/mol. The van der Waals surface area contributed by atoms with E-state index in [9.17, 15) is 4.79 Å². The van der Waals surface area contributed by atoms with Gasteiger partial charge in [0.15, 0.2) is 0 Å². The first kappa shape index (κ1) is 11.1. The molecule has 1 amide bonds. The molecule has 6 heteroatoms. The second-order valence-corrected chi connectivity index (χ2v) is 3.50. The van der Waals surface area contributed by atoms with Crippen LogP contribution in [0.15, 0.2) is 30.9 Å². The van der Waals surface area contributed by atoms with Crippen molar-refractivity contribution in [2.45, 2.75) is 6.42 Å². The fourth-order valence-corrected chi connectivity index (χ4v) is 1.42. The molecule has 0 unspecified atom stereocenters. The smallest absolute Gasteiger partial charge is 0.254 e. The lowest BCUT2D eigenvalue weighted by Gasteiger charge is -2.05. The molecule has 0 spiro atoms. The zero-order valence-electron chi connectivity index (χ0n) is 9.18. The van der Waals surface area contributed by atoms with E-state index in [1.807, 2.05) is 0 Å². The molecule has 0 aliphatic rings. The molecule has 0 aliphatic carbocycles. The lowest BCUT2D eigenvalue weighted by Crippen LogP contribution is -2.26. The van der Waals surface area contributed by atoms with Crippen LogP contribution >= 0.6 is 0 Å². The average molecular weight is 231 g/mol. The minimum atomic E-state index is -0.220. The highest BCUT2D eigenvalue weighted by Crippen LogP contribution is 2.07. The van der Waals surface area contributed by atoms with E-state index in [0.29, 0.717) is 24.2 Å². The quantitative estimate of drug-likeness (QED) is 0.707. The van der Waals surface area contributed by atoms with Crippen LogP contribution in [0.25, 0.3) is 0 Å². The van der Waals surface area contributed by atoms with Gasteiger partial charge < -0.3 is 16.0 Å². The molecular formula is C11H13N5O. The molecule has 2 aromatic rings. The van der Waals surface area contributed by atoms with Crippen molar-refractivity contribution in [2.24, 2.45) is 0 Å². The number of imidazole rings is 1. The number of hydrogen-bond donors (Lipinski definition) is 3. The van der Waals surface area contributed by atoms with Crippen LogP contribution in [-0.4, -0.2) is 27.4 Å². The van der Waals surface area contributed by atoms with Crippen LogP contribution < -0.4 is 11.1 Å². The van der Waals surface area contributed by atoms with Gasteiger partial charge in [-0.05, 0) is 6.07 Å². The van der Waals surface area contributed by atoms with Gasteiger partial charge in [-0.15, -0.1) is 0 Å². The minimum absolute atomic E-state index is 0.220. The van der Waals surface area contributed by atoms with Crippen LogP contribution in [0.1, 0.15) is 16.2 Å². The zero-order chi connectivity index (χ0) is 12.1. The molecule has 2 heterocycles. The van der Waals surface area contributed by atoms with Crippen LogP contribution in [0.4, 0.5) is 5.69 Å². The molecule has 6 nitrogen and oxygen atoms in total. The van der Waals surface area contributed by atoms with Gasteiger partial charge >= 0.3 is 0 Å². The number of aromatic amines is 1. The normalized spacial score (nSPS) is 10.1. The van der Waals surface area contributed by atoms with Gasteiger partial charge in [-0.3, -0.25) is 9.78 Å². The molecule has 0 saturated heterocycles. The monoisotopic (exact) mass is 231 g/mol. The van der Waals surface area contributed by atoms with Crippen molar-refractivity contribution in [3.8, 4) is 0 Å². The van der Waals surface area contributed by atoms with Gasteiger partial charge in [0.2, 0.25) is 0 Å². The van der Waals surface area contributed by atoms with E-state index in [2.05, 4.69) is 20.3 Å². The van der Waals surface area contributed by atoms with Gasteiger partial charge in [0.25, 0.3) is 5.91 Å². The van der Waals surface area contributed by atoms with Crippen molar-refractivity contribution in [1.82, 2.24) is 20.3 Å². The number of pyridine rings is 1. The average Bonchev–Trinajstić information content (AvgIpc) is 2.82. The van der Waals surface area contributed by atoms with Crippen molar-refractivity contribution < 1.29 is 4.79 Å². The van der Waals surface area contributed by atoms with E-state index >= 15 is 0 Å². The number of nitrogens with zero attached hydrogens (tertiary/aromatic N) is 2. The number of H-pyrrole nitrogens is 1. The second kappa shape index (κ2) is 5.11. The van der Waals surface area contributed by atoms with E-state index < -0.39 is 0 Å². The summed E-state index contributed by atoms with van der Waals surface area (Å²) >= 11 is 0. The Morgan fingerprint density at radius 3 is 3.06 bits per heavy atom. The fraction of sp³-hybridized carbons (Fsp3) is 0.182. The topological polar surface area (TPSA) is 96.7 Å². The maximum absolute atomic E-state index is 11.7. The van der Waals surface area contributed by atoms with Crippen molar-refractivity contribution in [3.63, 3.8) is 0 Å². The fourth-order valence-electron chi connectivity index (χ4n) is 1.42. The standard InChI is InChI=1S/C11H13N5O/c12-9-1-3-13-7-8(9)11(17)16-4-2-10-14-5-6-15-10/h1,3,5-7H,2,4H2,(H2,12,13)(H,14,15)(H,16,17). The summed E-state index contributed by atoms with van der Waals surface area (Å²) in [5.41, 5.74) is 6.49. The number of carbonyl (C=O) groups is 1. The zero-order valence-corrected chi connectivity index (χ0v) is 9.18. The number of nitrogens with one attached hydrogen (secondary N) is 2. The summed E-state index contributed by atoms with van der Waals surface area (Å²) < 4.78 is 0. The first-order chi connectivity index (χ1) is 8.27. The highest BCUT2D eigenvalue weighted by Gasteiger charge is 2.08. The number of aromatic nitrogens is 3. The third-order valence-corrected chi connectivity index (χ3v) is 2.30. The van der Waals surface area contributed by atoms with Crippen LogP contribution in [0.2, 0.25) is 0 Å². The first-order valence-electron chi connectivity index (χ1n) is 5.23. The highest BCUT2D eigenvalue weighted by molar-refractivity contribution is 5.98. The highest BCUT2D eigenvalue weighted by atomic mass is 16.1. The largest absolute Gasteiger partial charge is 0.398 e. The van der Waals surface area contributed by atoms with Crippen molar-refractivity contribution in [2.75, 3.05) is 12.3 Å². The van der Waals surface area contributed by atoms with E-state index in [0.717, 1.165) is 5.82 Å². The predicted octanol–water partition coefficient (Wildman–Crippen LogP) is 0.359. The Kier molecular flexibility index (Phi) is 3.34. The number of rotatable bonds is 4.